The fourth-order valence-corrected chi connectivity index (χ4v) is 19.1. The Labute approximate surface area is 417 Å². The van der Waals surface area contributed by atoms with Crippen LogP contribution < -0.4 is 30.5 Å². The highest BCUT2D eigenvalue weighted by molar-refractivity contribution is 8.00. The van der Waals surface area contributed by atoms with Crippen molar-refractivity contribution in [2.45, 2.75) is 48.3 Å². The third-order valence-electron chi connectivity index (χ3n) is 15.6. The number of fused-ring (bicyclic) bond motifs is 6. The van der Waals surface area contributed by atoms with Gasteiger partial charge in [0, 0.05) is 22.2 Å². The standard InChI is InChI=1S/C66H52N2SSi/c1-65(2)53-23-11-15-27-57(53)67(58-28-16-12-24-54(58)65)49-37-31-45(32-38-49)47-35-41-63-61(43-47)69-62-44-48(36-42-64(62)70(63,51-19-7-5-8-20-51)52-21-9-6-10-22-52)46-33-39-50(40-34-46)68-59-29-17-13-25-55(59)66(3,4)56-26-14-18-30-60(56)68/h5-44H,1-4H3/q-1. The van der Waals surface area contributed by atoms with Gasteiger partial charge in [-0.2, -0.15) is 20.7 Å². The summed E-state index contributed by atoms with van der Waals surface area (Å²) in [5, 5.41) is 5.67. The van der Waals surface area contributed by atoms with Gasteiger partial charge < -0.3 is 9.80 Å². The monoisotopic (exact) mass is 932 g/mol. The molecule has 0 N–H and O–H groups in total. The second-order valence-corrected chi connectivity index (χ2v) is 24.9. The Bertz CT molecular complexity index is 3300. The summed E-state index contributed by atoms with van der Waals surface area (Å²) in [6.07, 6.45) is 0. The molecule has 4 heteroatoms. The fraction of sp³-hybridized carbons (Fsp3) is 0.0909. The Morgan fingerprint density at radius 1 is 0.314 bits per heavy atom. The lowest BCUT2D eigenvalue weighted by atomic mass is 9.73. The molecular weight excluding hydrogens is 881 g/mol. The van der Waals surface area contributed by atoms with Gasteiger partial charge in [-0.25, -0.2) is 0 Å². The zero-order chi connectivity index (χ0) is 47.2. The molecule has 0 amide bonds. The highest BCUT2D eigenvalue weighted by atomic mass is 32.2. The Morgan fingerprint density at radius 2 is 0.614 bits per heavy atom. The molecule has 3 aliphatic rings. The molecule has 10 aromatic rings. The Hall–Kier alpha value is -7.63. The van der Waals surface area contributed by atoms with Crippen LogP contribution in [0.3, 0.4) is 0 Å². The molecule has 0 radical (unpaired) electrons. The Morgan fingerprint density at radius 3 is 0.957 bits per heavy atom. The molecule has 337 valence electrons. The van der Waals surface area contributed by atoms with Crippen LogP contribution in [0, 0.1) is 0 Å². The quantitative estimate of drug-likeness (QED) is 0.153. The lowest BCUT2D eigenvalue weighted by Gasteiger charge is -2.51. The average molecular weight is 933 g/mol. The van der Waals surface area contributed by atoms with Crippen LogP contribution in [0.2, 0.25) is 0 Å². The Kier molecular flexibility index (Phi) is 9.85. The average Bonchev–Trinajstić information content (AvgIpc) is 3.41. The van der Waals surface area contributed by atoms with Crippen LogP contribution in [0.4, 0.5) is 34.1 Å². The van der Waals surface area contributed by atoms with Crippen LogP contribution in [0.25, 0.3) is 22.3 Å². The normalized spacial score (nSPS) is 15.4. The molecule has 2 nitrogen and oxygen atoms in total. The van der Waals surface area contributed by atoms with Gasteiger partial charge in [0.2, 0.25) is 0 Å². The van der Waals surface area contributed by atoms with Gasteiger partial charge in [-0.15, -0.1) is 0 Å². The lowest BCUT2D eigenvalue weighted by Crippen LogP contribution is -2.76. The minimum Gasteiger partial charge on any atom is -0.310 e. The van der Waals surface area contributed by atoms with Gasteiger partial charge in [0.05, 0.1) is 22.7 Å². The van der Waals surface area contributed by atoms with Crippen LogP contribution in [0.5, 0.6) is 0 Å². The highest BCUT2D eigenvalue weighted by Crippen LogP contribution is 2.53. The van der Waals surface area contributed by atoms with E-state index in [0.29, 0.717) is 0 Å². The van der Waals surface area contributed by atoms with E-state index in [1.54, 1.807) is 0 Å². The van der Waals surface area contributed by atoms with Crippen LogP contribution in [0.15, 0.2) is 252 Å². The van der Waals surface area contributed by atoms with Crippen LogP contribution in [-0.2, 0) is 10.8 Å². The number of benzene rings is 10. The SMILES string of the molecule is CC1(C)c2ccccc2N(c2ccc(-c3ccc4c(c3)Sc3cc(-c5ccc(N6c7ccccc7C(C)(C)c7ccccc76)cc5)ccc3[Si-]4(c3ccccc3)c3ccccc3)cc2)c2ccccc21. The molecule has 0 unspecified atom stereocenters. The minimum absolute atomic E-state index is 0.0990. The van der Waals surface area contributed by atoms with Gasteiger partial charge in [0.1, 0.15) is 0 Å². The van der Waals surface area contributed by atoms with Crippen LogP contribution in [-0.4, -0.2) is 8.07 Å². The van der Waals surface area contributed by atoms with Crippen LogP contribution in [0.1, 0.15) is 49.9 Å². The molecule has 0 aromatic heterocycles. The molecule has 3 aliphatic heterocycles. The summed E-state index contributed by atoms with van der Waals surface area (Å²) in [5.41, 5.74) is 17.3. The van der Waals surface area contributed by atoms with E-state index in [1.807, 2.05) is 11.8 Å². The molecular formula is C66H52N2SSi-. The second-order valence-electron chi connectivity index (χ2n) is 20.1. The largest absolute Gasteiger partial charge is 0.310 e. The molecule has 0 spiro atoms. The maximum atomic E-state index is 2.47. The number of hydrogen-bond donors (Lipinski definition) is 0. The molecule has 3 heterocycles. The lowest BCUT2D eigenvalue weighted by molar-refractivity contribution is 0.632. The number of para-hydroxylation sites is 4. The van der Waals surface area contributed by atoms with Gasteiger partial charge in [0.15, 0.2) is 0 Å². The zero-order valence-electron chi connectivity index (χ0n) is 39.9. The summed E-state index contributed by atoms with van der Waals surface area (Å²) in [5.74, 6) is 0. The van der Waals surface area contributed by atoms with E-state index in [2.05, 4.69) is 280 Å². The van der Waals surface area contributed by atoms with Gasteiger partial charge in [0.25, 0.3) is 0 Å². The molecule has 0 atom stereocenters. The van der Waals surface area contributed by atoms with E-state index in [-0.39, 0.29) is 10.8 Å². The third kappa shape index (κ3) is 6.40. The molecule has 13 rings (SSSR count). The first-order valence-corrected chi connectivity index (χ1v) is 27.3. The van der Waals surface area contributed by atoms with E-state index in [1.165, 1.54) is 97.8 Å². The van der Waals surface area contributed by atoms with Crippen molar-refractivity contribution in [1.29, 1.82) is 0 Å². The van der Waals surface area contributed by atoms with Crippen molar-refractivity contribution in [3.63, 3.8) is 0 Å². The molecule has 0 bridgehead atoms. The summed E-state index contributed by atoms with van der Waals surface area (Å²) in [6, 6.07) is 91.3. The predicted molar refractivity (Wildman–Crippen MR) is 299 cm³/mol. The molecule has 0 saturated heterocycles. The summed E-state index contributed by atoms with van der Waals surface area (Å²) in [4.78, 5) is 7.53. The Balaban J connectivity index is 0.908. The van der Waals surface area contributed by atoms with E-state index < -0.39 is 8.07 Å². The smallest absolute Gasteiger partial charge is 0.0502 e. The van der Waals surface area contributed by atoms with E-state index in [0.717, 1.165) is 11.4 Å². The van der Waals surface area contributed by atoms with Crippen molar-refractivity contribution in [3.05, 3.63) is 265 Å². The predicted octanol–water partition coefficient (Wildman–Crippen LogP) is 15.1. The number of anilines is 6. The summed E-state index contributed by atoms with van der Waals surface area (Å²) >= 11 is 1.93. The molecule has 0 saturated carbocycles. The minimum atomic E-state index is -2.78. The van der Waals surface area contributed by atoms with Crippen molar-refractivity contribution in [2.75, 3.05) is 9.80 Å². The zero-order valence-corrected chi connectivity index (χ0v) is 41.7. The fourth-order valence-electron chi connectivity index (χ4n) is 12.1. The van der Waals surface area contributed by atoms with E-state index >= 15 is 0 Å². The third-order valence-corrected chi connectivity index (χ3v) is 22.0. The molecule has 0 fully saturated rings. The maximum Gasteiger partial charge on any atom is 0.0502 e. The van der Waals surface area contributed by atoms with Gasteiger partial charge in [-0.05, 0) is 123 Å². The van der Waals surface area contributed by atoms with Crippen molar-refractivity contribution >= 4 is 74.7 Å². The van der Waals surface area contributed by atoms with Crippen molar-refractivity contribution in [3.8, 4) is 22.3 Å². The first kappa shape index (κ1) is 42.5. The second kappa shape index (κ2) is 16.2. The molecule has 70 heavy (non-hydrogen) atoms. The number of rotatable bonds is 6. The van der Waals surface area contributed by atoms with Gasteiger partial charge in [-0.3, -0.25) is 0 Å². The number of nitrogens with zero attached hydrogens (tertiary/aromatic N) is 2. The first-order chi connectivity index (χ1) is 34.2. The number of hydrogen-bond acceptors (Lipinski definition) is 3. The van der Waals surface area contributed by atoms with Gasteiger partial charge >= 0.3 is 0 Å². The maximum absolute atomic E-state index is 2.78. The van der Waals surface area contributed by atoms with Crippen LogP contribution >= 0.6 is 11.8 Å². The summed E-state index contributed by atoms with van der Waals surface area (Å²) in [6.45, 7) is 9.38. The first-order valence-electron chi connectivity index (χ1n) is 24.5. The topological polar surface area (TPSA) is 6.48 Å². The van der Waals surface area contributed by atoms with Crippen molar-refractivity contribution in [1.82, 2.24) is 0 Å². The van der Waals surface area contributed by atoms with Crippen molar-refractivity contribution in [2.24, 2.45) is 0 Å². The summed E-state index contributed by atoms with van der Waals surface area (Å²) in [7, 11) is -2.78. The van der Waals surface area contributed by atoms with E-state index in [9.17, 15) is 0 Å². The highest BCUT2D eigenvalue weighted by Gasteiger charge is 2.39. The van der Waals surface area contributed by atoms with E-state index in [4.69, 9.17) is 0 Å². The molecule has 0 aliphatic carbocycles. The summed E-state index contributed by atoms with van der Waals surface area (Å²) < 4.78 is 0. The van der Waals surface area contributed by atoms with Crippen molar-refractivity contribution < 1.29 is 0 Å². The van der Waals surface area contributed by atoms with Gasteiger partial charge in [-0.1, -0.05) is 221 Å². The molecule has 10 aromatic carbocycles.